The summed E-state index contributed by atoms with van der Waals surface area (Å²) in [5, 5.41) is 6.71. The molecule has 24 heavy (non-hydrogen) atoms. The molecule has 2 aromatic heterocycles. The van der Waals surface area contributed by atoms with Gasteiger partial charge < -0.3 is 23.7 Å². The van der Waals surface area contributed by atoms with Crippen molar-refractivity contribution in [2.24, 2.45) is 0 Å². The van der Waals surface area contributed by atoms with Gasteiger partial charge in [0.05, 0.1) is 24.9 Å². The van der Waals surface area contributed by atoms with Crippen molar-refractivity contribution in [2.45, 2.75) is 13.0 Å². The fourth-order valence-electron chi connectivity index (χ4n) is 2.41. The summed E-state index contributed by atoms with van der Waals surface area (Å²) >= 11 is 0. The second-order valence-corrected chi connectivity index (χ2v) is 5.28. The summed E-state index contributed by atoms with van der Waals surface area (Å²) in [5.41, 5.74) is 1.37. The van der Waals surface area contributed by atoms with Crippen LogP contribution in [0.15, 0.2) is 51.6 Å². The normalized spacial score (nSPS) is 12.3. The van der Waals surface area contributed by atoms with E-state index in [1.807, 2.05) is 18.2 Å². The van der Waals surface area contributed by atoms with E-state index in [-0.39, 0.29) is 19.1 Å². The Labute approximate surface area is 137 Å². The lowest BCUT2D eigenvalue weighted by molar-refractivity contribution is -0.120. The first kappa shape index (κ1) is 14.4. The lowest BCUT2D eigenvalue weighted by atomic mass is 10.1. The zero-order valence-electron chi connectivity index (χ0n) is 12.7. The number of nitrogens with zero attached hydrogens (tertiary/aromatic N) is 1. The van der Waals surface area contributed by atoms with E-state index in [0.29, 0.717) is 35.3 Å². The molecular weight excluding hydrogens is 312 g/mol. The third-order valence-electron chi connectivity index (χ3n) is 3.60. The van der Waals surface area contributed by atoms with E-state index in [1.54, 1.807) is 24.5 Å². The monoisotopic (exact) mass is 326 g/mol. The summed E-state index contributed by atoms with van der Waals surface area (Å²) in [6.45, 7) is 0.564. The van der Waals surface area contributed by atoms with Crippen LogP contribution in [0.3, 0.4) is 0 Å². The van der Waals surface area contributed by atoms with Crippen molar-refractivity contribution in [1.29, 1.82) is 0 Å². The predicted octanol–water partition coefficient (Wildman–Crippen LogP) is 2.52. The highest BCUT2D eigenvalue weighted by molar-refractivity contribution is 5.78. The van der Waals surface area contributed by atoms with Gasteiger partial charge in [-0.15, -0.1) is 0 Å². The Balaban J connectivity index is 1.40. The highest BCUT2D eigenvalue weighted by Gasteiger charge is 2.16. The van der Waals surface area contributed by atoms with Crippen molar-refractivity contribution < 1.29 is 23.2 Å². The van der Waals surface area contributed by atoms with Gasteiger partial charge in [-0.1, -0.05) is 5.16 Å². The van der Waals surface area contributed by atoms with E-state index < -0.39 is 0 Å². The van der Waals surface area contributed by atoms with Gasteiger partial charge in [0.25, 0.3) is 0 Å². The van der Waals surface area contributed by atoms with Crippen molar-refractivity contribution in [1.82, 2.24) is 10.5 Å². The van der Waals surface area contributed by atoms with Gasteiger partial charge in [-0.2, -0.15) is 0 Å². The number of carbonyl (C=O) groups excluding carboxylic acids is 1. The lowest BCUT2D eigenvalue weighted by Crippen LogP contribution is -2.24. The van der Waals surface area contributed by atoms with Crippen LogP contribution in [-0.4, -0.2) is 17.9 Å². The molecule has 122 valence electrons. The Kier molecular flexibility index (Phi) is 3.66. The summed E-state index contributed by atoms with van der Waals surface area (Å²) < 4.78 is 21.1. The molecule has 3 aromatic rings. The van der Waals surface area contributed by atoms with Crippen LogP contribution < -0.4 is 14.8 Å². The maximum Gasteiger partial charge on any atom is 0.231 e. The van der Waals surface area contributed by atoms with Gasteiger partial charge >= 0.3 is 0 Å². The first-order valence-electron chi connectivity index (χ1n) is 7.42. The van der Waals surface area contributed by atoms with Crippen LogP contribution >= 0.6 is 0 Å². The van der Waals surface area contributed by atoms with Crippen LogP contribution in [0.5, 0.6) is 11.5 Å². The summed E-state index contributed by atoms with van der Waals surface area (Å²) in [4.78, 5) is 11.9. The highest BCUT2D eigenvalue weighted by atomic mass is 16.7. The molecule has 0 radical (unpaired) electrons. The SMILES string of the molecule is O=C(Cc1cc(-c2ccc3c(c2)OCO3)on1)NCc1ccco1. The van der Waals surface area contributed by atoms with Gasteiger partial charge in [-0.25, -0.2) is 0 Å². The minimum Gasteiger partial charge on any atom is -0.467 e. The fraction of sp³-hybridized carbons (Fsp3) is 0.176. The van der Waals surface area contributed by atoms with E-state index >= 15 is 0 Å². The summed E-state index contributed by atoms with van der Waals surface area (Å²) in [7, 11) is 0. The average molecular weight is 326 g/mol. The van der Waals surface area contributed by atoms with Crippen molar-refractivity contribution in [3.8, 4) is 22.8 Å². The van der Waals surface area contributed by atoms with Gasteiger partial charge in [0, 0.05) is 11.6 Å². The second kappa shape index (κ2) is 6.11. The van der Waals surface area contributed by atoms with Crippen molar-refractivity contribution in [3.63, 3.8) is 0 Å². The number of amides is 1. The smallest absolute Gasteiger partial charge is 0.231 e. The van der Waals surface area contributed by atoms with E-state index in [4.69, 9.17) is 18.4 Å². The van der Waals surface area contributed by atoms with Gasteiger partial charge in [-0.3, -0.25) is 4.79 Å². The molecule has 1 aromatic carbocycles. The van der Waals surface area contributed by atoms with E-state index in [2.05, 4.69) is 10.5 Å². The Bertz CT molecular complexity index is 854. The minimum atomic E-state index is -0.156. The lowest BCUT2D eigenvalue weighted by Gasteiger charge is -2.00. The predicted molar refractivity (Wildman–Crippen MR) is 82.3 cm³/mol. The average Bonchev–Trinajstić information content (AvgIpc) is 3.33. The molecule has 0 atom stereocenters. The standard InChI is InChI=1S/C17H14N2O5/c20-17(18-9-13-2-1-5-21-13)8-12-7-15(24-19-12)11-3-4-14-16(6-11)23-10-22-14/h1-7H,8-10H2,(H,18,20). The van der Waals surface area contributed by atoms with Crippen LogP contribution in [0.1, 0.15) is 11.5 Å². The van der Waals surface area contributed by atoms with Crippen LogP contribution in [-0.2, 0) is 17.8 Å². The third-order valence-corrected chi connectivity index (χ3v) is 3.60. The molecular formula is C17H14N2O5. The molecule has 0 unspecified atom stereocenters. The highest BCUT2D eigenvalue weighted by Crippen LogP contribution is 2.36. The largest absolute Gasteiger partial charge is 0.467 e. The molecule has 0 bridgehead atoms. The molecule has 1 amide bonds. The van der Waals surface area contributed by atoms with Crippen LogP contribution in [0.2, 0.25) is 0 Å². The number of aromatic nitrogens is 1. The third kappa shape index (κ3) is 2.96. The molecule has 0 spiro atoms. The molecule has 1 N–H and O–H groups in total. The van der Waals surface area contributed by atoms with E-state index in [9.17, 15) is 4.79 Å². The zero-order valence-corrected chi connectivity index (χ0v) is 12.7. The molecule has 3 heterocycles. The fourth-order valence-corrected chi connectivity index (χ4v) is 2.41. The van der Waals surface area contributed by atoms with Crippen molar-refractivity contribution in [3.05, 3.63) is 54.1 Å². The summed E-state index contributed by atoms with van der Waals surface area (Å²) in [6.07, 6.45) is 1.70. The molecule has 7 nitrogen and oxygen atoms in total. The second-order valence-electron chi connectivity index (χ2n) is 5.28. The summed E-state index contributed by atoms with van der Waals surface area (Å²) in [6, 6.07) is 10.8. The number of hydrogen-bond acceptors (Lipinski definition) is 6. The number of carbonyl (C=O) groups is 1. The van der Waals surface area contributed by atoms with Gasteiger partial charge in [0.2, 0.25) is 12.7 Å². The van der Waals surface area contributed by atoms with Crippen molar-refractivity contribution in [2.75, 3.05) is 6.79 Å². The zero-order chi connectivity index (χ0) is 16.4. The molecule has 0 saturated carbocycles. The summed E-state index contributed by atoms with van der Waals surface area (Å²) in [5.74, 6) is 2.49. The number of ether oxygens (including phenoxy) is 2. The number of hydrogen-bond donors (Lipinski definition) is 1. The molecule has 0 fully saturated rings. The molecule has 1 aliphatic heterocycles. The Morgan fingerprint density at radius 1 is 1.17 bits per heavy atom. The van der Waals surface area contributed by atoms with Gasteiger partial charge in [-0.05, 0) is 30.3 Å². The number of fused-ring (bicyclic) bond motifs is 1. The van der Waals surface area contributed by atoms with E-state index in [1.165, 1.54) is 0 Å². The Hall–Kier alpha value is -3.22. The Morgan fingerprint density at radius 2 is 2.08 bits per heavy atom. The maximum absolute atomic E-state index is 11.9. The Morgan fingerprint density at radius 3 is 2.96 bits per heavy atom. The number of nitrogens with one attached hydrogen (secondary N) is 1. The van der Waals surface area contributed by atoms with Gasteiger partial charge in [0.1, 0.15) is 5.76 Å². The van der Waals surface area contributed by atoms with E-state index in [0.717, 1.165) is 5.56 Å². The topological polar surface area (TPSA) is 86.7 Å². The maximum atomic E-state index is 11.9. The number of benzene rings is 1. The van der Waals surface area contributed by atoms with Crippen molar-refractivity contribution >= 4 is 5.91 Å². The molecule has 0 saturated heterocycles. The number of furan rings is 1. The molecule has 1 aliphatic rings. The first-order chi connectivity index (χ1) is 11.8. The van der Waals surface area contributed by atoms with Crippen LogP contribution in [0, 0.1) is 0 Å². The molecule has 0 aliphatic carbocycles. The van der Waals surface area contributed by atoms with Crippen LogP contribution in [0.4, 0.5) is 0 Å². The molecule has 7 heteroatoms. The number of rotatable bonds is 5. The molecule has 4 rings (SSSR count). The quantitative estimate of drug-likeness (QED) is 0.775. The van der Waals surface area contributed by atoms with Gasteiger partial charge in [0.15, 0.2) is 17.3 Å². The minimum absolute atomic E-state index is 0.134. The van der Waals surface area contributed by atoms with Crippen LogP contribution in [0.25, 0.3) is 11.3 Å². The first-order valence-corrected chi connectivity index (χ1v) is 7.42.